The van der Waals surface area contributed by atoms with Gasteiger partial charge in [-0.05, 0) is 0 Å². The van der Waals surface area contributed by atoms with E-state index in [0.29, 0.717) is 19.0 Å². The lowest BCUT2D eigenvalue weighted by Gasteiger charge is -2.02. The zero-order valence-electron chi connectivity index (χ0n) is 5.60. The lowest BCUT2D eigenvalue weighted by molar-refractivity contribution is 0.153. The summed E-state index contributed by atoms with van der Waals surface area (Å²) in [6.07, 6.45) is -0.467. The lowest BCUT2D eigenvalue weighted by atomic mass is 10.6. The maximum absolute atomic E-state index is 10.5. The van der Waals surface area contributed by atoms with E-state index >= 15 is 0 Å². The van der Waals surface area contributed by atoms with Crippen LogP contribution in [0.2, 0.25) is 0 Å². The third-order valence-electron chi connectivity index (χ3n) is 0.724. The van der Waals surface area contributed by atoms with Crippen molar-refractivity contribution in [2.45, 2.75) is 0 Å². The minimum atomic E-state index is -0.467. The Kier molecular flexibility index (Phi) is 6.32. The average Bonchev–Trinajstić information content (AvgIpc) is 1.97. The molecule has 1 amide bonds. The van der Waals surface area contributed by atoms with Crippen LogP contribution in [0, 0.1) is 0 Å². The molecule has 0 atom stereocenters. The number of alkyl halides is 1. The van der Waals surface area contributed by atoms with Crippen molar-refractivity contribution in [1.82, 2.24) is 5.32 Å². The second kappa shape index (κ2) is 6.64. The Labute approximate surface area is 64.7 Å². The molecule has 3 N–H and O–H groups in total. The highest BCUT2D eigenvalue weighted by molar-refractivity contribution is 6.18. The van der Waals surface area contributed by atoms with Gasteiger partial charge in [0, 0.05) is 13.1 Å². The van der Waals surface area contributed by atoms with Crippen LogP contribution >= 0.6 is 11.6 Å². The van der Waals surface area contributed by atoms with E-state index in [9.17, 15) is 4.79 Å². The number of hydrogen-bond donors (Lipinski definition) is 2. The van der Waals surface area contributed by atoms with Crippen molar-refractivity contribution >= 4 is 17.7 Å². The molecule has 0 fully saturated rings. The van der Waals surface area contributed by atoms with Crippen LogP contribution < -0.4 is 11.1 Å². The Bertz CT molecular complexity index is 89.6. The molecule has 0 aromatic rings. The van der Waals surface area contributed by atoms with Gasteiger partial charge in [0.25, 0.3) is 0 Å². The monoisotopic (exact) mass is 166 g/mol. The summed E-state index contributed by atoms with van der Waals surface area (Å²) in [6.45, 7) is 1.08. The highest BCUT2D eigenvalue weighted by Gasteiger charge is 1.96. The number of carbonyl (C=O) groups is 1. The average molecular weight is 167 g/mol. The van der Waals surface area contributed by atoms with Crippen LogP contribution in [0.3, 0.4) is 0 Å². The zero-order valence-corrected chi connectivity index (χ0v) is 6.36. The molecule has 0 radical (unpaired) electrons. The maximum atomic E-state index is 10.5. The van der Waals surface area contributed by atoms with Gasteiger partial charge in [0.2, 0.25) is 0 Å². The first-order chi connectivity index (χ1) is 4.81. The number of amides is 1. The van der Waals surface area contributed by atoms with Crippen LogP contribution in [0.25, 0.3) is 0 Å². The first-order valence-corrected chi connectivity index (χ1v) is 3.51. The van der Waals surface area contributed by atoms with Crippen LogP contribution in [0.5, 0.6) is 0 Å². The highest BCUT2D eigenvalue weighted by atomic mass is 35.5. The number of hydrogen-bond acceptors (Lipinski definition) is 3. The van der Waals surface area contributed by atoms with Crippen molar-refractivity contribution in [2.75, 3.05) is 25.6 Å². The van der Waals surface area contributed by atoms with E-state index in [1.807, 2.05) is 0 Å². The van der Waals surface area contributed by atoms with E-state index < -0.39 is 6.09 Å². The van der Waals surface area contributed by atoms with Gasteiger partial charge in [0.1, 0.15) is 6.61 Å². The standard InChI is InChI=1S/C5H11ClN2O2/c6-1-4-10-5(9)8-3-2-7/h1-4,7H2,(H,8,9). The third kappa shape index (κ3) is 5.65. The molecule has 0 spiro atoms. The molecular weight excluding hydrogens is 156 g/mol. The molecule has 0 unspecified atom stereocenters. The van der Waals surface area contributed by atoms with Crippen molar-refractivity contribution in [3.8, 4) is 0 Å². The molecule has 60 valence electrons. The van der Waals surface area contributed by atoms with E-state index in [0.717, 1.165) is 0 Å². The van der Waals surface area contributed by atoms with Gasteiger partial charge in [-0.3, -0.25) is 0 Å². The minimum absolute atomic E-state index is 0.234. The minimum Gasteiger partial charge on any atom is -0.448 e. The van der Waals surface area contributed by atoms with Gasteiger partial charge >= 0.3 is 6.09 Å². The fraction of sp³-hybridized carbons (Fsp3) is 0.800. The number of ether oxygens (including phenoxy) is 1. The Balaban J connectivity index is 3.09. The fourth-order valence-electron chi connectivity index (χ4n) is 0.357. The Morgan fingerprint density at radius 3 is 2.90 bits per heavy atom. The third-order valence-corrected chi connectivity index (χ3v) is 0.878. The van der Waals surface area contributed by atoms with Crippen LogP contribution in [0.1, 0.15) is 0 Å². The van der Waals surface area contributed by atoms with Crippen molar-refractivity contribution in [2.24, 2.45) is 5.73 Å². The summed E-state index contributed by atoms with van der Waals surface area (Å²) in [4.78, 5) is 10.5. The topological polar surface area (TPSA) is 64.3 Å². The molecule has 4 nitrogen and oxygen atoms in total. The predicted octanol–water partition coefficient (Wildman–Crippen LogP) is -0.0899. The van der Waals surface area contributed by atoms with Crippen molar-refractivity contribution in [3.63, 3.8) is 0 Å². The predicted molar refractivity (Wildman–Crippen MR) is 39.1 cm³/mol. The van der Waals surface area contributed by atoms with Crippen LogP contribution in [0.15, 0.2) is 0 Å². The second-order valence-electron chi connectivity index (χ2n) is 1.54. The molecule has 0 bridgehead atoms. The lowest BCUT2D eigenvalue weighted by Crippen LogP contribution is -2.29. The molecule has 0 aliphatic rings. The largest absolute Gasteiger partial charge is 0.448 e. The van der Waals surface area contributed by atoms with Gasteiger partial charge in [0.15, 0.2) is 0 Å². The quantitative estimate of drug-likeness (QED) is 0.574. The summed E-state index contributed by atoms with van der Waals surface area (Å²) < 4.78 is 4.56. The van der Waals surface area contributed by atoms with Gasteiger partial charge in [-0.2, -0.15) is 0 Å². The second-order valence-corrected chi connectivity index (χ2v) is 1.92. The van der Waals surface area contributed by atoms with E-state index in [4.69, 9.17) is 17.3 Å². The van der Waals surface area contributed by atoms with Crippen molar-refractivity contribution in [1.29, 1.82) is 0 Å². The number of carbonyl (C=O) groups excluding carboxylic acids is 1. The molecule has 0 heterocycles. The smallest absolute Gasteiger partial charge is 0.407 e. The van der Waals surface area contributed by atoms with Gasteiger partial charge in [0.05, 0.1) is 5.88 Å². The summed E-state index contributed by atoms with van der Waals surface area (Å²) >= 11 is 5.25. The zero-order chi connectivity index (χ0) is 7.82. The first kappa shape index (κ1) is 9.52. The molecule has 0 aliphatic heterocycles. The number of rotatable bonds is 4. The first-order valence-electron chi connectivity index (χ1n) is 2.98. The normalized spacial score (nSPS) is 9.00. The number of nitrogens with one attached hydrogen (secondary N) is 1. The Hall–Kier alpha value is -0.480. The molecule has 0 saturated carbocycles. The highest BCUT2D eigenvalue weighted by Crippen LogP contribution is 1.79. The Morgan fingerprint density at radius 1 is 1.70 bits per heavy atom. The molecule has 0 aromatic carbocycles. The van der Waals surface area contributed by atoms with Crippen molar-refractivity contribution in [3.05, 3.63) is 0 Å². The number of alkyl carbamates (subject to hydrolysis) is 1. The van der Waals surface area contributed by atoms with Gasteiger partial charge in [-0.25, -0.2) is 4.79 Å². The maximum Gasteiger partial charge on any atom is 0.407 e. The molecule has 0 saturated heterocycles. The summed E-state index contributed by atoms with van der Waals surface area (Å²) in [7, 11) is 0. The van der Waals surface area contributed by atoms with E-state index in [2.05, 4.69) is 10.1 Å². The van der Waals surface area contributed by atoms with Crippen molar-refractivity contribution < 1.29 is 9.53 Å². The summed E-state index contributed by atoms with van der Waals surface area (Å²) in [5.41, 5.74) is 5.11. The van der Waals surface area contributed by atoms with E-state index in [-0.39, 0.29) is 6.61 Å². The summed E-state index contributed by atoms with van der Waals surface area (Å²) in [5, 5.41) is 2.42. The van der Waals surface area contributed by atoms with Crippen LogP contribution in [-0.4, -0.2) is 31.7 Å². The summed E-state index contributed by atoms with van der Waals surface area (Å²) in [6, 6.07) is 0. The summed E-state index contributed by atoms with van der Waals surface area (Å²) in [5.74, 6) is 0.316. The molecule has 10 heavy (non-hydrogen) atoms. The number of halogens is 1. The molecule has 0 aliphatic carbocycles. The van der Waals surface area contributed by atoms with E-state index in [1.165, 1.54) is 0 Å². The SMILES string of the molecule is NCCNC(=O)OCCCl. The molecule has 0 rings (SSSR count). The fourth-order valence-corrected chi connectivity index (χ4v) is 0.434. The van der Waals surface area contributed by atoms with Crippen LogP contribution in [0.4, 0.5) is 4.79 Å². The van der Waals surface area contributed by atoms with Gasteiger partial charge in [-0.1, -0.05) is 0 Å². The van der Waals surface area contributed by atoms with Crippen LogP contribution in [-0.2, 0) is 4.74 Å². The van der Waals surface area contributed by atoms with Gasteiger partial charge < -0.3 is 15.8 Å². The molecule has 5 heteroatoms. The molecule has 0 aromatic heterocycles. The van der Waals surface area contributed by atoms with Gasteiger partial charge in [-0.15, -0.1) is 11.6 Å². The Morgan fingerprint density at radius 2 is 2.40 bits per heavy atom. The molecular formula is C5H11ClN2O2. The van der Waals surface area contributed by atoms with E-state index in [1.54, 1.807) is 0 Å². The number of nitrogens with two attached hydrogens (primary N) is 1.